The van der Waals surface area contributed by atoms with E-state index >= 15 is 0 Å². The van der Waals surface area contributed by atoms with Gasteiger partial charge in [-0.1, -0.05) is 13.8 Å². The van der Waals surface area contributed by atoms with E-state index in [1.165, 1.54) is 0 Å². The van der Waals surface area contributed by atoms with Crippen LogP contribution in [0.4, 0.5) is 4.79 Å². The van der Waals surface area contributed by atoms with Crippen LogP contribution in [0.25, 0.3) is 0 Å². The van der Waals surface area contributed by atoms with Crippen LogP contribution in [0, 0.1) is 5.92 Å². The van der Waals surface area contributed by atoms with Crippen molar-refractivity contribution >= 4 is 6.16 Å². The fourth-order valence-electron chi connectivity index (χ4n) is 0.946. The number of nitrogens with zero attached hydrogens (tertiary/aromatic N) is 1. The normalized spacial score (nSPS) is 14.5. The summed E-state index contributed by atoms with van der Waals surface area (Å²) >= 11 is 0. The minimum absolute atomic E-state index is 0.0539. The van der Waals surface area contributed by atoms with Gasteiger partial charge < -0.3 is 14.2 Å². The Morgan fingerprint density at radius 3 is 2.32 bits per heavy atom. The number of carbonyl (C=O) groups excluding carboxylic acids is 1. The van der Waals surface area contributed by atoms with Crippen LogP contribution in [0.2, 0.25) is 0 Å². The molecule has 0 aromatic carbocycles. The largest absolute Gasteiger partial charge is 0.508 e. The average Bonchev–Trinajstić information content (AvgIpc) is 2.27. The maximum Gasteiger partial charge on any atom is 0.508 e. The highest BCUT2D eigenvalue weighted by Crippen LogP contribution is 2.06. The molecule has 0 aromatic heterocycles. The van der Waals surface area contributed by atoms with Crippen molar-refractivity contribution in [1.29, 1.82) is 0 Å². The predicted octanol–water partition coefficient (Wildman–Crippen LogP) is 1.60. The Morgan fingerprint density at radius 2 is 1.79 bits per heavy atom. The number of hydrogen-bond donors (Lipinski definition) is 2. The standard InChI is InChI=1S/C11H23NO7/c1-8(2)10(4)18-11(13)17-6-5-16-7-9(3)19-12(14)15/h8-10,14-15H,5-7H2,1-4H3. The topological polar surface area (TPSA) is 97.7 Å². The van der Waals surface area contributed by atoms with E-state index in [0.717, 1.165) is 0 Å². The molecule has 0 radical (unpaired) electrons. The van der Waals surface area contributed by atoms with E-state index in [0.29, 0.717) is 0 Å². The van der Waals surface area contributed by atoms with Gasteiger partial charge in [0.15, 0.2) is 0 Å². The quantitative estimate of drug-likeness (QED) is 0.373. The summed E-state index contributed by atoms with van der Waals surface area (Å²) in [5.41, 5.74) is 0. The first-order chi connectivity index (χ1) is 8.82. The Morgan fingerprint density at radius 1 is 1.16 bits per heavy atom. The van der Waals surface area contributed by atoms with Gasteiger partial charge in [-0.3, -0.25) is 10.4 Å². The maximum absolute atomic E-state index is 11.2. The van der Waals surface area contributed by atoms with Crippen LogP contribution in [0.3, 0.4) is 0 Å². The Bertz CT molecular complexity index is 247. The van der Waals surface area contributed by atoms with Crippen LogP contribution >= 0.6 is 0 Å². The molecule has 0 aliphatic carbocycles. The molecule has 0 fully saturated rings. The fourth-order valence-corrected chi connectivity index (χ4v) is 0.946. The molecule has 0 amide bonds. The third kappa shape index (κ3) is 10.7. The maximum atomic E-state index is 11.2. The van der Waals surface area contributed by atoms with E-state index in [9.17, 15) is 4.79 Å². The van der Waals surface area contributed by atoms with Crippen LogP contribution in [0.1, 0.15) is 27.7 Å². The van der Waals surface area contributed by atoms with Crippen molar-refractivity contribution in [3.05, 3.63) is 0 Å². The zero-order chi connectivity index (χ0) is 14.8. The molecule has 0 saturated heterocycles. The van der Waals surface area contributed by atoms with Crippen LogP contribution in [0.5, 0.6) is 0 Å². The highest BCUT2D eigenvalue weighted by atomic mass is 17.1. The molecule has 0 aliphatic heterocycles. The minimum atomic E-state index is -0.731. The van der Waals surface area contributed by atoms with Crippen molar-refractivity contribution in [3.63, 3.8) is 0 Å². The molecule has 0 bridgehead atoms. The number of carbonyl (C=O) groups is 1. The monoisotopic (exact) mass is 281 g/mol. The lowest BCUT2D eigenvalue weighted by molar-refractivity contribution is -0.504. The summed E-state index contributed by atoms with van der Waals surface area (Å²) in [6.07, 6.45) is -1.48. The van der Waals surface area contributed by atoms with Crippen molar-refractivity contribution in [1.82, 2.24) is 5.39 Å². The summed E-state index contributed by atoms with van der Waals surface area (Å²) in [5, 5.41) is 16.3. The lowest BCUT2D eigenvalue weighted by atomic mass is 10.1. The molecule has 8 nitrogen and oxygen atoms in total. The van der Waals surface area contributed by atoms with Gasteiger partial charge in [0.05, 0.1) is 18.6 Å². The number of hydrogen-bond acceptors (Lipinski definition) is 8. The van der Waals surface area contributed by atoms with Crippen molar-refractivity contribution in [2.75, 3.05) is 19.8 Å². The van der Waals surface area contributed by atoms with Crippen molar-refractivity contribution in [3.8, 4) is 0 Å². The van der Waals surface area contributed by atoms with Crippen LogP contribution in [-0.4, -0.2) is 54.0 Å². The van der Waals surface area contributed by atoms with Gasteiger partial charge in [-0.25, -0.2) is 9.63 Å². The SMILES string of the molecule is CC(COCCOC(=O)OC(C)C(C)C)ON(O)O. The first-order valence-electron chi connectivity index (χ1n) is 6.08. The molecule has 0 aromatic rings. The molecule has 0 heterocycles. The van der Waals surface area contributed by atoms with Gasteiger partial charge in [0.2, 0.25) is 0 Å². The van der Waals surface area contributed by atoms with E-state index in [1.54, 1.807) is 13.8 Å². The number of ether oxygens (including phenoxy) is 3. The van der Waals surface area contributed by atoms with Gasteiger partial charge in [-0.15, -0.1) is 0 Å². The molecular formula is C11H23NO7. The Hall–Kier alpha value is -0.930. The Kier molecular flexibility index (Phi) is 9.44. The molecular weight excluding hydrogens is 258 g/mol. The highest BCUT2D eigenvalue weighted by molar-refractivity contribution is 5.60. The summed E-state index contributed by atoms with van der Waals surface area (Å²) in [5.74, 6) is 0.224. The van der Waals surface area contributed by atoms with E-state index in [-0.39, 0.29) is 37.2 Å². The van der Waals surface area contributed by atoms with Crippen LogP contribution in [0.15, 0.2) is 0 Å². The highest BCUT2D eigenvalue weighted by Gasteiger charge is 2.13. The molecule has 0 aliphatic rings. The second-order valence-electron chi connectivity index (χ2n) is 4.41. The summed E-state index contributed by atoms with van der Waals surface area (Å²) in [7, 11) is 0. The van der Waals surface area contributed by atoms with E-state index in [1.807, 2.05) is 13.8 Å². The molecule has 8 heteroatoms. The molecule has 114 valence electrons. The summed E-state index contributed by atoms with van der Waals surface area (Å²) < 4.78 is 14.9. The zero-order valence-corrected chi connectivity index (χ0v) is 11.7. The molecule has 0 saturated carbocycles. The molecule has 2 unspecified atom stereocenters. The Balaban J connectivity index is 3.51. The third-order valence-corrected chi connectivity index (χ3v) is 2.30. The average molecular weight is 281 g/mol. The van der Waals surface area contributed by atoms with E-state index in [4.69, 9.17) is 24.6 Å². The van der Waals surface area contributed by atoms with Crippen molar-refractivity contribution in [2.24, 2.45) is 5.92 Å². The molecule has 19 heavy (non-hydrogen) atoms. The molecule has 0 spiro atoms. The lowest BCUT2D eigenvalue weighted by Gasteiger charge is -2.16. The van der Waals surface area contributed by atoms with Gasteiger partial charge in [0, 0.05) is 0 Å². The smallest absolute Gasteiger partial charge is 0.432 e. The van der Waals surface area contributed by atoms with Gasteiger partial charge >= 0.3 is 6.16 Å². The van der Waals surface area contributed by atoms with Crippen LogP contribution in [-0.2, 0) is 19.0 Å². The molecule has 0 rings (SSSR count). The molecule has 2 atom stereocenters. The van der Waals surface area contributed by atoms with Gasteiger partial charge in [-0.05, 0) is 19.8 Å². The fraction of sp³-hybridized carbons (Fsp3) is 0.909. The zero-order valence-electron chi connectivity index (χ0n) is 11.7. The second kappa shape index (κ2) is 9.93. The first kappa shape index (κ1) is 18.1. The van der Waals surface area contributed by atoms with Crippen LogP contribution < -0.4 is 0 Å². The number of rotatable bonds is 9. The van der Waals surface area contributed by atoms with Gasteiger partial charge in [0.25, 0.3) is 0 Å². The second-order valence-corrected chi connectivity index (χ2v) is 4.41. The lowest BCUT2D eigenvalue weighted by Crippen LogP contribution is -2.26. The van der Waals surface area contributed by atoms with Gasteiger partial charge in [-0.2, -0.15) is 0 Å². The predicted molar refractivity (Wildman–Crippen MR) is 63.5 cm³/mol. The summed E-state index contributed by atoms with van der Waals surface area (Å²) in [6.45, 7) is 7.59. The third-order valence-electron chi connectivity index (χ3n) is 2.30. The van der Waals surface area contributed by atoms with E-state index in [2.05, 4.69) is 4.84 Å². The Labute approximate surface area is 112 Å². The van der Waals surface area contributed by atoms with Crippen molar-refractivity contribution in [2.45, 2.75) is 39.9 Å². The minimum Gasteiger partial charge on any atom is -0.432 e. The summed E-state index contributed by atoms with van der Waals surface area (Å²) in [4.78, 5) is 15.6. The molecule has 2 N–H and O–H groups in total. The van der Waals surface area contributed by atoms with E-state index < -0.39 is 12.3 Å². The van der Waals surface area contributed by atoms with Gasteiger partial charge in [0.1, 0.15) is 18.8 Å². The van der Waals surface area contributed by atoms with Crippen molar-refractivity contribution < 1.29 is 34.3 Å². The first-order valence-corrected chi connectivity index (χ1v) is 6.08. The summed E-state index contributed by atoms with van der Waals surface area (Å²) in [6, 6.07) is 0.